The van der Waals surface area contributed by atoms with Gasteiger partial charge in [-0.05, 0) is 61.2 Å². The van der Waals surface area contributed by atoms with E-state index in [9.17, 15) is 13.2 Å². The number of amides is 1. The summed E-state index contributed by atoms with van der Waals surface area (Å²) in [5.74, 6) is -0.192. The van der Waals surface area contributed by atoms with Crippen LogP contribution in [0.1, 0.15) is 41.8 Å². The van der Waals surface area contributed by atoms with Crippen LogP contribution >= 0.6 is 11.6 Å². The molecule has 5 nitrogen and oxygen atoms in total. The lowest BCUT2D eigenvalue weighted by Gasteiger charge is -2.31. The molecule has 0 fully saturated rings. The molecule has 1 heterocycles. The molecule has 0 aliphatic carbocycles. The van der Waals surface area contributed by atoms with Crippen LogP contribution in [0, 0.1) is 6.92 Å². The average molecular weight is 421 g/mol. The Labute approximate surface area is 172 Å². The van der Waals surface area contributed by atoms with Crippen molar-refractivity contribution in [2.24, 2.45) is 0 Å². The largest absolute Gasteiger partial charge is 0.308 e. The zero-order chi connectivity index (χ0) is 20.5. The molecule has 3 rings (SSSR count). The van der Waals surface area contributed by atoms with Gasteiger partial charge in [0.1, 0.15) is 0 Å². The molecule has 1 aliphatic rings. The van der Waals surface area contributed by atoms with E-state index >= 15 is 0 Å². The summed E-state index contributed by atoms with van der Waals surface area (Å²) in [4.78, 5) is 15.2. The van der Waals surface area contributed by atoms with Crippen LogP contribution in [0.5, 0.6) is 0 Å². The topological polar surface area (TPSA) is 57.7 Å². The van der Waals surface area contributed by atoms with Gasteiger partial charge in [0.25, 0.3) is 5.91 Å². The summed E-state index contributed by atoms with van der Waals surface area (Å²) >= 11 is 6.18. The van der Waals surface area contributed by atoms with E-state index in [1.54, 1.807) is 36.9 Å². The molecule has 0 unspecified atom stereocenters. The molecule has 0 atom stereocenters. The monoisotopic (exact) mass is 420 g/mol. The SMILES string of the molecule is CCN(CC)S(=O)(=O)c1cccc(C(=O)N2CCCc3cc(Cl)cc(C)c32)c1. The van der Waals surface area contributed by atoms with Crippen LogP contribution in [-0.4, -0.2) is 38.3 Å². The fourth-order valence-corrected chi connectivity index (χ4v) is 5.58. The molecule has 150 valence electrons. The van der Waals surface area contributed by atoms with Crippen molar-refractivity contribution in [2.45, 2.75) is 38.5 Å². The Morgan fingerprint density at radius 3 is 2.57 bits per heavy atom. The maximum Gasteiger partial charge on any atom is 0.258 e. The number of hydrogen-bond donors (Lipinski definition) is 0. The third kappa shape index (κ3) is 3.81. The van der Waals surface area contributed by atoms with Gasteiger partial charge in [0.2, 0.25) is 10.0 Å². The highest BCUT2D eigenvalue weighted by Gasteiger charge is 2.27. The van der Waals surface area contributed by atoms with Crippen molar-refractivity contribution in [1.82, 2.24) is 4.31 Å². The first-order valence-electron chi connectivity index (χ1n) is 9.50. The van der Waals surface area contributed by atoms with Crippen molar-refractivity contribution in [1.29, 1.82) is 0 Å². The number of benzene rings is 2. The molecule has 1 amide bonds. The Bertz CT molecular complexity index is 1000. The molecule has 1 aliphatic heterocycles. The molecule has 7 heteroatoms. The maximum atomic E-state index is 13.3. The first-order valence-corrected chi connectivity index (χ1v) is 11.3. The molecule has 0 aromatic heterocycles. The van der Waals surface area contributed by atoms with E-state index in [2.05, 4.69) is 0 Å². The number of aryl methyl sites for hydroxylation is 2. The van der Waals surface area contributed by atoms with E-state index in [-0.39, 0.29) is 10.8 Å². The van der Waals surface area contributed by atoms with E-state index in [1.807, 2.05) is 19.1 Å². The van der Waals surface area contributed by atoms with Crippen LogP contribution in [0.2, 0.25) is 5.02 Å². The number of hydrogen-bond acceptors (Lipinski definition) is 3. The van der Waals surface area contributed by atoms with Crippen LogP contribution in [0.4, 0.5) is 5.69 Å². The highest BCUT2D eigenvalue weighted by atomic mass is 35.5. The first-order chi connectivity index (χ1) is 13.3. The predicted octanol–water partition coefficient (Wildman–Crippen LogP) is 4.27. The Kier molecular flexibility index (Phi) is 6.12. The van der Waals surface area contributed by atoms with Crippen molar-refractivity contribution >= 4 is 33.2 Å². The molecule has 0 radical (unpaired) electrons. The van der Waals surface area contributed by atoms with Crippen LogP contribution in [0.3, 0.4) is 0 Å². The minimum Gasteiger partial charge on any atom is -0.308 e. The Morgan fingerprint density at radius 1 is 1.18 bits per heavy atom. The molecule has 0 spiro atoms. The zero-order valence-electron chi connectivity index (χ0n) is 16.4. The first kappa shape index (κ1) is 20.8. The molecule has 0 N–H and O–H groups in total. The number of carbonyl (C=O) groups is 1. The smallest absolute Gasteiger partial charge is 0.258 e. The van der Waals surface area contributed by atoms with Crippen LogP contribution < -0.4 is 4.90 Å². The number of anilines is 1. The van der Waals surface area contributed by atoms with E-state index in [0.29, 0.717) is 30.2 Å². The van der Waals surface area contributed by atoms with Gasteiger partial charge in [-0.15, -0.1) is 0 Å². The number of carbonyl (C=O) groups excluding carboxylic acids is 1. The second kappa shape index (κ2) is 8.23. The third-order valence-corrected chi connectivity index (χ3v) is 7.38. The summed E-state index contributed by atoms with van der Waals surface area (Å²) < 4.78 is 27.0. The Balaban J connectivity index is 2.00. The van der Waals surface area contributed by atoms with Crippen LogP contribution in [0.15, 0.2) is 41.3 Å². The summed E-state index contributed by atoms with van der Waals surface area (Å²) in [7, 11) is -3.62. The lowest BCUT2D eigenvalue weighted by Crippen LogP contribution is -2.36. The van der Waals surface area contributed by atoms with Gasteiger partial charge in [-0.1, -0.05) is 31.5 Å². The Hall–Kier alpha value is -1.89. The van der Waals surface area contributed by atoms with Gasteiger partial charge in [0.15, 0.2) is 0 Å². The molecule has 0 saturated heterocycles. The second-order valence-electron chi connectivity index (χ2n) is 6.91. The molecule has 0 saturated carbocycles. The fraction of sp³-hybridized carbons (Fsp3) is 0.381. The lowest BCUT2D eigenvalue weighted by atomic mass is 9.97. The van der Waals surface area contributed by atoms with Crippen molar-refractivity contribution in [3.8, 4) is 0 Å². The van der Waals surface area contributed by atoms with E-state index in [4.69, 9.17) is 11.6 Å². The quantitative estimate of drug-likeness (QED) is 0.725. The van der Waals surface area contributed by atoms with Crippen molar-refractivity contribution in [3.63, 3.8) is 0 Å². The third-order valence-electron chi connectivity index (χ3n) is 5.11. The van der Waals surface area contributed by atoms with Gasteiger partial charge < -0.3 is 4.90 Å². The minimum atomic E-state index is -3.62. The molecule has 2 aromatic carbocycles. The van der Waals surface area contributed by atoms with E-state index < -0.39 is 10.0 Å². The van der Waals surface area contributed by atoms with Gasteiger partial charge >= 0.3 is 0 Å². The highest BCUT2D eigenvalue weighted by molar-refractivity contribution is 7.89. The van der Waals surface area contributed by atoms with Crippen molar-refractivity contribution in [2.75, 3.05) is 24.5 Å². The fourth-order valence-electron chi connectivity index (χ4n) is 3.78. The van der Waals surface area contributed by atoms with Gasteiger partial charge in [-0.25, -0.2) is 8.42 Å². The summed E-state index contributed by atoms with van der Waals surface area (Å²) in [6.07, 6.45) is 1.72. The minimum absolute atomic E-state index is 0.145. The predicted molar refractivity (Wildman–Crippen MR) is 113 cm³/mol. The Morgan fingerprint density at radius 2 is 1.89 bits per heavy atom. The van der Waals surface area contributed by atoms with Crippen LogP contribution in [0.25, 0.3) is 0 Å². The van der Waals surface area contributed by atoms with Crippen molar-refractivity contribution < 1.29 is 13.2 Å². The normalized spacial score (nSPS) is 14.2. The molecular formula is C21H25ClN2O3S. The second-order valence-corrected chi connectivity index (χ2v) is 9.28. The van der Waals surface area contributed by atoms with Gasteiger partial charge in [0, 0.05) is 30.2 Å². The summed E-state index contributed by atoms with van der Waals surface area (Å²) in [5.41, 5.74) is 3.26. The lowest BCUT2D eigenvalue weighted by molar-refractivity contribution is 0.0984. The summed E-state index contributed by atoms with van der Waals surface area (Å²) in [6, 6.07) is 10.1. The van der Waals surface area contributed by atoms with Gasteiger partial charge in [0.05, 0.1) is 10.6 Å². The van der Waals surface area contributed by atoms with E-state index in [0.717, 1.165) is 29.7 Å². The number of halogens is 1. The number of fused-ring (bicyclic) bond motifs is 1. The van der Waals surface area contributed by atoms with E-state index in [1.165, 1.54) is 10.4 Å². The van der Waals surface area contributed by atoms with Gasteiger partial charge in [-0.3, -0.25) is 4.79 Å². The molecular weight excluding hydrogens is 396 g/mol. The number of nitrogens with zero attached hydrogens (tertiary/aromatic N) is 2. The standard InChI is InChI=1S/C21H25ClN2O3S/c1-4-23(5-2)28(26,27)19-10-6-8-17(14-19)21(25)24-11-7-9-16-13-18(22)12-15(3)20(16)24/h6,8,10,12-14H,4-5,7,9,11H2,1-3H3. The van der Waals surface area contributed by atoms with Crippen LogP contribution in [-0.2, 0) is 16.4 Å². The summed E-state index contributed by atoms with van der Waals surface area (Å²) in [6.45, 7) is 6.91. The van der Waals surface area contributed by atoms with Crippen molar-refractivity contribution in [3.05, 3.63) is 58.1 Å². The summed E-state index contributed by atoms with van der Waals surface area (Å²) in [5, 5.41) is 0.665. The van der Waals surface area contributed by atoms with Gasteiger partial charge in [-0.2, -0.15) is 4.31 Å². The molecule has 2 aromatic rings. The number of rotatable bonds is 5. The average Bonchev–Trinajstić information content (AvgIpc) is 2.67. The number of sulfonamides is 1. The highest BCUT2D eigenvalue weighted by Crippen LogP contribution is 2.34. The molecule has 0 bridgehead atoms. The maximum absolute atomic E-state index is 13.3. The zero-order valence-corrected chi connectivity index (χ0v) is 18.0. The molecule has 28 heavy (non-hydrogen) atoms.